The van der Waals surface area contributed by atoms with Crippen molar-refractivity contribution in [1.82, 2.24) is 9.97 Å². The van der Waals surface area contributed by atoms with E-state index < -0.39 is 18.7 Å². The SMILES string of the molecule is CNc1nc(C(C)C)nc(OCC(F)(F)C(F)(F)F)c1C. The number of ether oxygens (including phenoxy) is 1. The minimum Gasteiger partial charge on any atom is -0.471 e. The fraction of sp³-hybridized carbons (Fsp3) is 0.667. The standard InChI is InChI=1S/C12H16F5N3O/c1-6(2)8-19-9(18-4)7(3)10(20-8)21-5-11(13,14)12(15,16)17/h6H,5H2,1-4H3,(H,18,19,20). The minimum atomic E-state index is -5.67. The van der Waals surface area contributed by atoms with Crippen LogP contribution in [0.5, 0.6) is 5.88 Å². The maximum atomic E-state index is 12.9. The van der Waals surface area contributed by atoms with E-state index in [4.69, 9.17) is 0 Å². The fourth-order valence-corrected chi connectivity index (χ4v) is 1.40. The van der Waals surface area contributed by atoms with E-state index in [0.717, 1.165) is 0 Å². The van der Waals surface area contributed by atoms with Crippen LogP contribution in [0, 0.1) is 6.92 Å². The molecule has 0 atom stereocenters. The predicted molar refractivity (Wildman–Crippen MR) is 66.9 cm³/mol. The number of aromatic nitrogens is 2. The third-order valence-electron chi connectivity index (χ3n) is 2.68. The summed E-state index contributed by atoms with van der Waals surface area (Å²) in [6.45, 7) is 3.17. The number of hydrogen-bond donors (Lipinski definition) is 1. The summed E-state index contributed by atoms with van der Waals surface area (Å²) in [6, 6.07) is 0. The first-order valence-corrected chi connectivity index (χ1v) is 6.13. The van der Waals surface area contributed by atoms with Crippen LogP contribution in [0.2, 0.25) is 0 Å². The molecule has 0 fully saturated rings. The summed E-state index contributed by atoms with van der Waals surface area (Å²) in [5, 5.41) is 2.72. The summed E-state index contributed by atoms with van der Waals surface area (Å²) in [7, 11) is 1.55. The second-order valence-electron chi connectivity index (χ2n) is 4.76. The molecule has 0 aliphatic carbocycles. The first-order valence-electron chi connectivity index (χ1n) is 6.13. The minimum absolute atomic E-state index is 0.136. The molecule has 9 heteroatoms. The van der Waals surface area contributed by atoms with E-state index in [2.05, 4.69) is 20.0 Å². The Morgan fingerprint density at radius 3 is 2.14 bits per heavy atom. The van der Waals surface area contributed by atoms with Crippen LogP contribution in [0.15, 0.2) is 0 Å². The maximum absolute atomic E-state index is 12.9. The monoisotopic (exact) mass is 313 g/mol. The van der Waals surface area contributed by atoms with Gasteiger partial charge in [0.1, 0.15) is 11.6 Å². The van der Waals surface area contributed by atoms with Crippen molar-refractivity contribution in [2.24, 2.45) is 0 Å². The zero-order valence-corrected chi connectivity index (χ0v) is 12.0. The predicted octanol–water partition coefficient (Wildman–Crippen LogP) is 3.53. The molecule has 1 aromatic heterocycles. The van der Waals surface area contributed by atoms with Crippen LogP contribution in [0.4, 0.5) is 27.8 Å². The van der Waals surface area contributed by atoms with Gasteiger partial charge >= 0.3 is 12.1 Å². The Hall–Kier alpha value is -1.67. The average molecular weight is 313 g/mol. The van der Waals surface area contributed by atoms with E-state index in [1.165, 1.54) is 6.92 Å². The van der Waals surface area contributed by atoms with Gasteiger partial charge < -0.3 is 10.1 Å². The lowest BCUT2D eigenvalue weighted by Crippen LogP contribution is -2.42. The number of rotatable bonds is 5. The van der Waals surface area contributed by atoms with Crippen molar-refractivity contribution in [3.05, 3.63) is 11.4 Å². The highest BCUT2D eigenvalue weighted by Crippen LogP contribution is 2.36. The average Bonchev–Trinajstić information content (AvgIpc) is 2.35. The molecule has 0 aliphatic rings. The van der Waals surface area contributed by atoms with E-state index in [1.807, 2.05) is 0 Å². The lowest BCUT2D eigenvalue weighted by molar-refractivity contribution is -0.290. The molecule has 120 valence electrons. The summed E-state index contributed by atoms with van der Waals surface area (Å²) >= 11 is 0. The molecule has 21 heavy (non-hydrogen) atoms. The Labute approximate surface area is 118 Å². The Balaban J connectivity index is 3.06. The number of nitrogens with one attached hydrogen (secondary N) is 1. The molecule has 0 aliphatic heterocycles. The molecule has 0 bridgehead atoms. The highest BCUT2D eigenvalue weighted by atomic mass is 19.4. The molecule has 0 aromatic carbocycles. The molecule has 0 unspecified atom stereocenters. The molecule has 0 spiro atoms. The van der Waals surface area contributed by atoms with Crippen LogP contribution in [0.3, 0.4) is 0 Å². The topological polar surface area (TPSA) is 47.0 Å². The summed E-state index contributed by atoms with van der Waals surface area (Å²) in [5.41, 5.74) is 0.264. The zero-order chi connectivity index (χ0) is 16.4. The van der Waals surface area contributed by atoms with Gasteiger partial charge in [0, 0.05) is 13.0 Å². The first kappa shape index (κ1) is 17.4. The molecule has 1 N–H and O–H groups in total. The molecule has 0 saturated heterocycles. The molecular formula is C12H16F5N3O. The summed E-state index contributed by atoms with van der Waals surface area (Å²) < 4.78 is 66.7. The lowest BCUT2D eigenvalue weighted by Gasteiger charge is -2.21. The number of anilines is 1. The van der Waals surface area contributed by atoms with Crippen LogP contribution in [-0.4, -0.2) is 35.7 Å². The molecule has 4 nitrogen and oxygen atoms in total. The number of hydrogen-bond acceptors (Lipinski definition) is 4. The van der Waals surface area contributed by atoms with E-state index >= 15 is 0 Å². The van der Waals surface area contributed by atoms with Crippen molar-refractivity contribution in [2.75, 3.05) is 19.0 Å². The van der Waals surface area contributed by atoms with E-state index in [-0.39, 0.29) is 23.2 Å². The smallest absolute Gasteiger partial charge is 0.456 e. The number of halogens is 5. The van der Waals surface area contributed by atoms with E-state index in [1.54, 1.807) is 20.9 Å². The highest BCUT2D eigenvalue weighted by molar-refractivity contribution is 5.48. The van der Waals surface area contributed by atoms with Crippen LogP contribution in [0.1, 0.15) is 31.2 Å². The highest BCUT2D eigenvalue weighted by Gasteiger charge is 2.58. The zero-order valence-electron chi connectivity index (χ0n) is 12.0. The molecule has 0 saturated carbocycles. The van der Waals surface area contributed by atoms with Crippen molar-refractivity contribution in [2.45, 2.75) is 38.8 Å². The van der Waals surface area contributed by atoms with Crippen molar-refractivity contribution >= 4 is 5.82 Å². The Morgan fingerprint density at radius 2 is 1.71 bits per heavy atom. The molecule has 0 amide bonds. The van der Waals surface area contributed by atoms with Gasteiger partial charge in [-0.1, -0.05) is 13.8 Å². The van der Waals surface area contributed by atoms with Crippen molar-refractivity contribution in [3.8, 4) is 5.88 Å². The van der Waals surface area contributed by atoms with Gasteiger partial charge in [-0.15, -0.1) is 0 Å². The number of alkyl halides is 5. The summed E-state index contributed by atoms with van der Waals surface area (Å²) in [5.74, 6) is -4.76. The van der Waals surface area contributed by atoms with E-state index in [9.17, 15) is 22.0 Å². The van der Waals surface area contributed by atoms with Gasteiger partial charge in [-0.05, 0) is 6.92 Å². The van der Waals surface area contributed by atoms with Crippen molar-refractivity contribution < 1.29 is 26.7 Å². The van der Waals surface area contributed by atoms with Gasteiger partial charge in [0.2, 0.25) is 5.88 Å². The van der Waals surface area contributed by atoms with Crippen LogP contribution in [-0.2, 0) is 0 Å². The van der Waals surface area contributed by atoms with Gasteiger partial charge in [-0.25, -0.2) is 4.98 Å². The summed E-state index contributed by atoms with van der Waals surface area (Å²) in [4.78, 5) is 8.02. The van der Waals surface area contributed by atoms with Gasteiger partial charge in [-0.2, -0.15) is 26.9 Å². The lowest BCUT2D eigenvalue weighted by atomic mass is 10.2. The summed E-state index contributed by atoms with van der Waals surface area (Å²) in [6.07, 6.45) is -5.67. The van der Waals surface area contributed by atoms with Gasteiger partial charge in [0.05, 0.1) is 5.56 Å². The van der Waals surface area contributed by atoms with Crippen LogP contribution < -0.4 is 10.1 Å². The largest absolute Gasteiger partial charge is 0.471 e. The van der Waals surface area contributed by atoms with Gasteiger partial charge in [-0.3, -0.25) is 0 Å². The Bertz CT molecular complexity index is 502. The molecule has 1 rings (SSSR count). The van der Waals surface area contributed by atoms with Crippen LogP contribution in [0.25, 0.3) is 0 Å². The van der Waals surface area contributed by atoms with E-state index in [0.29, 0.717) is 5.82 Å². The van der Waals surface area contributed by atoms with Crippen molar-refractivity contribution in [3.63, 3.8) is 0 Å². The third-order valence-corrected chi connectivity index (χ3v) is 2.68. The second kappa shape index (κ2) is 5.98. The number of nitrogens with zero attached hydrogens (tertiary/aromatic N) is 2. The molecule has 0 radical (unpaired) electrons. The van der Waals surface area contributed by atoms with Crippen LogP contribution >= 0.6 is 0 Å². The Kier molecular flexibility index (Phi) is 4.95. The fourth-order valence-electron chi connectivity index (χ4n) is 1.40. The normalized spacial score (nSPS) is 12.7. The molecule has 1 aromatic rings. The third kappa shape index (κ3) is 3.92. The second-order valence-corrected chi connectivity index (χ2v) is 4.76. The van der Waals surface area contributed by atoms with Crippen molar-refractivity contribution in [1.29, 1.82) is 0 Å². The Morgan fingerprint density at radius 1 is 1.14 bits per heavy atom. The van der Waals surface area contributed by atoms with Gasteiger partial charge in [0.25, 0.3) is 0 Å². The molecule has 1 heterocycles. The first-order chi connectivity index (χ1) is 9.49. The van der Waals surface area contributed by atoms with Gasteiger partial charge in [0.15, 0.2) is 6.61 Å². The molecular weight excluding hydrogens is 297 g/mol. The maximum Gasteiger partial charge on any atom is 0.456 e. The quantitative estimate of drug-likeness (QED) is 0.845.